The van der Waals surface area contributed by atoms with Crippen molar-refractivity contribution in [2.75, 3.05) is 18.0 Å². The van der Waals surface area contributed by atoms with Gasteiger partial charge in [0.2, 0.25) is 0 Å². The summed E-state index contributed by atoms with van der Waals surface area (Å²) in [4.78, 5) is 16.7. The topological polar surface area (TPSA) is 85.8 Å². The van der Waals surface area contributed by atoms with Gasteiger partial charge in [0.05, 0.1) is 24.1 Å². The molecule has 1 spiro atoms. The van der Waals surface area contributed by atoms with Crippen molar-refractivity contribution in [3.8, 4) is 0 Å². The number of hydrogen-bond donors (Lipinski definition) is 1. The minimum absolute atomic E-state index is 0.0763. The van der Waals surface area contributed by atoms with Crippen molar-refractivity contribution < 1.29 is 0 Å². The lowest BCUT2D eigenvalue weighted by atomic mass is 9.73. The lowest BCUT2D eigenvalue weighted by molar-refractivity contribution is 0.170. The van der Waals surface area contributed by atoms with Crippen LogP contribution in [0.25, 0.3) is 0 Å². The Morgan fingerprint density at radius 3 is 2.56 bits per heavy atom. The number of piperidine rings is 1. The molecule has 0 aromatic carbocycles. The average molecular weight is 379 g/mol. The molecule has 1 saturated heterocycles. The fourth-order valence-corrected chi connectivity index (χ4v) is 4.86. The molecule has 8 heteroatoms. The molecule has 3 aromatic rings. The van der Waals surface area contributed by atoms with Crippen molar-refractivity contribution in [2.45, 2.75) is 35.3 Å². The normalized spacial score (nSPS) is 20.8. The highest BCUT2D eigenvalue weighted by atomic mass is 32.2. The van der Waals surface area contributed by atoms with Gasteiger partial charge < -0.3 is 10.6 Å². The average Bonchev–Trinajstić information content (AvgIpc) is 3.26. The van der Waals surface area contributed by atoms with E-state index >= 15 is 0 Å². The zero-order chi connectivity index (χ0) is 18.3. The zero-order valence-corrected chi connectivity index (χ0v) is 15.7. The molecule has 2 N–H and O–H groups in total. The van der Waals surface area contributed by atoms with E-state index in [1.807, 2.05) is 30.7 Å². The van der Waals surface area contributed by atoms with E-state index in [1.54, 1.807) is 24.2 Å². The van der Waals surface area contributed by atoms with Gasteiger partial charge in [0.25, 0.3) is 0 Å². The molecule has 0 radical (unpaired) electrons. The van der Waals surface area contributed by atoms with Gasteiger partial charge in [-0.3, -0.25) is 9.67 Å². The van der Waals surface area contributed by atoms with Gasteiger partial charge in [-0.25, -0.2) is 9.97 Å². The largest absolute Gasteiger partial charge is 0.355 e. The summed E-state index contributed by atoms with van der Waals surface area (Å²) in [6.45, 7) is 2.83. The van der Waals surface area contributed by atoms with E-state index in [0.717, 1.165) is 48.2 Å². The number of nitrogens with zero attached hydrogens (tertiary/aromatic N) is 6. The van der Waals surface area contributed by atoms with E-state index in [0.29, 0.717) is 0 Å². The molecular formula is C19H21N7S. The first kappa shape index (κ1) is 16.7. The molecule has 1 atom stereocenters. The van der Waals surface area contributed by atoms with Crippen LogP contribution >= 0.6 is 11.8 Å². The van der Waals surface area contributed by atoms with Crippen molar-refractivity contribution in [3.05, 3.63) is 54.9 Å². The number of fused-ring (bicyclic) bond motifs is 1. The third kappa shape index (κ3) is 2.98. The molecule has 1 fully saturated rings. The number of hydrogen-bond acceptors (Lipinski definition) is 7. The first-order chi connectivity index (χ1) is 13.2. The molecular weight excluding hydrogens is 358 g/mol. The molecule has 0 bridgehead atoms. The van der Waals surface area contributed by atoms with E-state index in [9.17, 15) is 0 Å². The molecule has 2 aliphatic heterocycles. The molecule has 5 rings (SSSR count). The van der Waals surface area contributed by atoms with Gasteiger partial charge in [-0.2, -0.15) is 5.10 Å². The van der Waals surface area contributed by atoms with Crippen LogP contribution in [-0.4, -0.2) is 37.8 Å². The SMILES string of the molecule is N[C@@H]1c2ccnn2CC12CCN(c1cnc(Sc3ccncc3)cn1)CC2. The zero-order valence-electron chi connectivity index (χ0n) is 14.9. The summed E-state index contributed by atoms with van der Waals surface area (Å²) in [7, 11) is 0. The van der Waals surface area contributed by atoms with Gasteiger partial charge in [-0.15, -0.1) is 0 Å². The molecule has 0 amide bonds. The Hall–Kier alpha value is -2.45. The fraction of sp³-hybridized carbons (Fsp3) is 0.368. The number of pyridine rings is 1. The van der Waals surface area contributed by atoms with Crippen molar-refractivity contribution in [2.24, 2.45) is 11.1 Å². The lowest BCUT2D eigenvalue weighted by Crippen LogP contribution is -2.45. The molecule has 2 aliphatic rings. The summed E-state index contributed by atoms with van der Waals surface area (Å²) in [5, 5.41) is 5.30. The second kappa shape index (κ2) is 6.61. The van der Waals surface area contributed by atoms with E-state index in [1.165, 1.54) is 5.69 Å². The molecule has 7 nitrogen and oxygen atoms in total. The van der Waals surface area contributed by atoms with E-state index in [4.69, 9.17) is 5.73 Å². The van der Waals surface area contributed by atoms with Gasteiger partial charge in [0.15, 0.2) is 0 Å². The van der Waals surface area contributed by atoms with Gasteiger partial charge in [0.1, 0.15) is 10.8 Å². The Morgan fingerprint density at radius 1 is 1.04 bits per heavy atom. The van der Waals surface area contributed by atoms with E-state index < -0.39 is 0 Å². The summed E-state index contributed by atoms with van der Waals surface area (Å²) in [6.07, 6.45) is 11.2. The molecule has 138 valence electrons. The Labute approximate surface area is 162 Å². The monoisotopic (exact) mass is 379 g/mol. The summed E-state index contributed by atoms with van der Waals surface area (Å²) >= 11 is 1.59. The number of aromatic nitrogens is 5. The van der Waals surface area contributed by atoms with Crippen LogP contribution in [0.15, 0.2) is 59.1 Å². The van der Waals surface area contributed by atoms with E-state index in [-0.39, 0.29) is 11.5 Å². The van der Waals surface area contributed by atoms with Crippen LogP contribution in [-0.2, 0) is 6.54 Å². The van der Waals surface area contributed by atoms with Crippen LogP contribution in [0, 0.1) is 5.41 Å². The van der Waals surface area contributed by atoms with Crippen molar-refractivity contribution >= 4 is 17.6 Å². The fourth-order valence-electron chi connectivity index (χ4n) is 4.15. The predicted molar refractivity (Wildman–Crippen MR) is 103 cm³/mol. The first-order valence-electron chi connectivity index (χ1n) is 9.16. The quantitative estimate of drug-likeness (QED) is 0.748. The van der Waals surface area contributed by atoms with Crippen molar-refractivity contribution in [3.63, 3.8) is 0 Å². The van der Waals surface area contributed by atoms with Crippen LogP contribution in [0.5, 0.6) is 0 Å². The summed E-state index contributed by atoms with van der Waals surface area (Å²) in [5.41, 5.74) is 7.86. The summed E-state index contributed by atoms with van der Waals surface area (Å²) < 4.78 is 2.07. The van der Waals surface area contributed by atoms with Crippen molar-refractivity contribution in [1.29, 1.82) is 0 Å². The van der Waals surface area contributed by atoms with E-state index in [2.05, 4.69) is 35.7 Å². The number of anilines is 1. The molecule has 0 saturated carbocycles. The molecule has 0 unspecified atom stereocenters. The van der Waals surface area contributed by atoms with Crippen LogP contribution < -0.4 is 10.6 Å². The smallest absolute Gasteiger partial charge is 0.147 e. The second-order valence-electron chi connectivity index (χ2n) is 7.24. The Balaban J connectivity index is 1.24. The third-order valence-electron chi connectivity index (χ3n) is 5.76. The molecule has 27 heavy (non-hydrogen) atoms. The highest BCUT2D eigenvalue weighted by Gasteiger charge is 2.46. The van der Waals surface area contributed by atoms with Gasteiger partial charge >= 0.3 is 0 Å². The first-order valence-corrected chi connectivity index (χ1v) is 9.97. The predicted octanol–water partition coefficient (Wildman–Crippen LogP) is 2.52. The maximum atomic E-state index is 6.56. The van der Waals surface area contributed by atoms with Crippen LogP contribution in [0.1, 0.15) is 24.6 Å². The maximum Gasteiger partial charge on any atom is 0.147 e. The van der Waals surface area contributed by atoms with Crippen LogP contribution in [0.4, 0.5) is 5.82 Å². The Kier molecular flexibility index (Phi) is 4.09. The Morgan fingerprint density at radius 2 is 1.85 bits per heavy atom. The summed E-state index contributed by atoms with van der Waals surface area (Å²) in [5.74, 6) is 0.938. The Bertz CT molecular complexity index is 917. The van der Waals surface area contributed by atoms with Crippen LogP contribution in [0.3, 0.4) is 0 Å². The number of nitrogens with two attached hydrogens (primary N) is 1. The second-order valence-corrected chi connectivity index (χ2v) is 8.33. The highest BCUT2D eigenvalue weighted by molar-refractivity contribution is 7.99. The van der Waals surface area contributed by atoms with Gasteiger partial charge in [-0.05, 0) is 31.0 Å². The molecule has 0 aliphatic carbocycles. The van der Waals surface area contributed by atoms with Crippen LogP contribution in [0.2, 0.25) is 0 Å². The highest BCUT2D eigenvalue weighted by Crippen LogP contribution is 2.47. The number of rotatable bonds is 3. The summed E-state index contributed by atoms with van der Waals surface area (Å²) in [6, 6.07) is 6.07. The van der Waals surface area contributed by atoms with Crippen molar-refractivity contribution in [1.82, 2.24) is 24.7 Å². The third-order valence-corrected chi connectivity index (χ3v) is 6.69. The minimum Gasteiger partial charge on any atom is -0.355 e. The van der Waals surface area contributed by atoms with Gasteiger partial charge in [-0.1, -0.05) is 11.8 Å². The standard InChI is InChI=1S/C19H21N7S/c20-18-15-3-8-24-26(15)13-19(18)4-9-25(10-5-19)16-11-23-17(12-22-16)27-14-1-6-21-7-2-14/h1-3,6-8,11-12,18H,4-5,9-10,13,20H2/t18-/m1/s1. The molecule has 3 aromatic heterocycles. The van der Waals surface area contributed by atoms with Gasteiger partial charge in [0, 0.05) is 48.5 Å². The lowest BCUT2D eigenvalue weighted by Gasteiger charge is -2.41. The maximum absolute atomic E-state index is 6.56. The molecule has 5 heterocycles. The minimum atomic E-state index is 0.0763.